The van der Waals surface area contributed by atoms with Gasteiger partial charge in [0.05, 0.1) is 30.0 Å². The number of urea groups is 1. The van der Waals surface area contributed by atoms with Gasteiger partial charge in [0.25, 0.3) is 5.91 Å². The molecule has 0 radical (unpaired) electrons. The fourth-order valence-corrected chi connectivity index (χ4v) is 5.69. The highest BCUT2D eigenvalue weighted by molar-refractivity contribution is 6.03. The Balaban J connectivity index is 1.42. The minimum absolute atomic E-state index is 0.0106. The van der Waals surface area contributed by atoms with E-state index in [4.69, 9.17) is 9.47 Å². The molecule has 1 saturated heterocycles. The summed E-state index contributed by atoms with van der Waals surface area (Å²) in [4.78, 5) is 44.0. The first-order chi connectivity index (χ1) is 19.4. The second-order valence-corrected chi connectivity index (χ2v) is 10.9. The summed E-state index contributed by atoms with van der Waals surface area (Å²) >= 11 is 0. The Morgan fingerprint density at radius 3 is 2.60 bits per heavy atom. The third-order valence-corrected chi connectivity index (χ3v) is 7.64. The maximum absolute atomic E-state index is 14.1. The average molecular weight is 547 g/mol. The molecular weight excluding hydrogens is 508 g/mol. The summed E-state index contributed by atoms with van der Waals surface area (Å²) in [5, 5.41) is 6.05. The largest absolute Gasteiger partial charge is 0.457 e. The van der Waals surface area contributed by atoms with Crippen LogP contribution >= 0.6 is 0 Å². The molecule has 4 amide bonds. The van der Waals surface area contributed by atoms with Crippen LogP contribution in [0.25, 0.3) is 0 Å². The molecule has 5 rings (SSSR count). The van der Waals surface area contributed by atoms with Gasteiger partial charge < -0.3 is 25.0 Å². The number of carbonyl (C=O) groups excluding carboxylic acids is 3. The van der Waals surface area contributed by atoms with E-state index >= 15 is 0 Å². The number of amides is 4. The zero-order valence-electron chi connectivity index (χ0n) is 23.4. The third-order valence-electron chi connectivity index (χ3n) is 7.64. The van der Waals surface area contributed by atoms with Crippen LogP contribution in [0.4, 0.5) is 4.79 Å². The number of likely N-dealkylation sites (N-methyl/N-ethyl adjacent to an activating group) is 1. The van der Waals surface area contributed by atoms with Gasteiger partial charge in [-0.25, -0.2) is 4.79 Å². The van der Waals surface area contributed by atoms with Gasteiger partial charge in [-0.3, -0.25) is 14.5 Å². The van der Waals surface area contributed by atoms with Gasteiger partial charge >= 0.3 is 6.03 Å². The summed E-state index contributed by atoms with van der Waals surface area (Å²) in [6.07, 6.45) is 2.44. The van der Waals surface area contributed by atoms with Crippen molar-refractivity contribution >= 4 is 17.8 Å². The molecule has 3 aliphatic rings. The van der Waals surface area contributed by atoms with Crippen molar-refractivity contribution in [2.45, 2.75) is 58.2 Å². The predicted octanol–water partition coefficient (Wildman–Crippen LogP) is 4.37. The van der Waals surface area contributed by atoms with E-state index in [2.05, 4.69) is 10.6 Å². The van der Waals surface area contributed by atoms with Gasteiger partial charge in [0.15, 0.2) is 0 Å². The Labute approximate surface area is 235 Å². The van der Waals surface area contributed by atoms with Crippen LogP contribution in [0.1, 0.15) is 51.6 Å². The molecule has 212 valence electrons. The van der Waals surface area contributed by atoms with Crippen LogP contribution in [0.2, 0.25) is 0 Å². The van der Waals surface area contributed by atoms with Gasteiger partial charge in [-0.2, -0.15) is 0 Å². The van der Waals surface area contributed by atoms with Gasteiger partial charge in [-0.05, 0) is 61.9 Å². The molecule has 9 heteroatoms. The molecule has 0 aliphatic carbocycles. The van der Waals surface area contributed by atoms with Crippen LogP contribution in [-0.4, -0.2) is 66.0 Å². The first-order valence-electron chi connectivity index (χ1n) is 14.2. The minimum Gasteiger partial charge on any atom is -0.457 e. The van der Waals surface area contributed by atoms with Gasteiger partial charge in [0.1, 0.15) is 17.5 Å². The Bertz CT molecular complexity index is 1270. The van der Waals surface area contributed by atoms with E-state index in [1.807, 2.05) is 75.4 Å². The molecule has 3 unspecified atom stereocenters. The van der Waals surface area contributed by atoms with E-state index in [1.54, 1.807) is 9.80 Å². The Morgan fingerprint density at radius 1 is 1.12 bits per heavy atom. The van der Waals surface area contributed by atoms with E-state index < -0.39 is 12.1 Å². The van der Waals surface area contributed by atoms with E-state index in [9.17, 15) is 14.4 Å². The number of para-hydroxylation sites is 1. The van der Waals surface area contributed by atoms with E-state index in [1.165, 1.54) is 0 Å². The summed E-state index contributed by atoms with van der Waals surface area (Å²) in [6, 6.07) is 15.3. The standard InChI is InChI=1S/C31H38N4O5/c1-4-34-26-19-35(25(16-20(2)3)29(36)32-18-24-14-9-15-39-24)30(37)27(26)28(33-31(34)38)21-10-8-13-23(17-21)40-22-11-6-5-7-12-22/h5-8,10-13,17,20,24-25,28H,4,9,14-16,18-19H2,1-3H3,(H,32,36)(H,33,38). The molecule has 1 fully saturated rings. The maximum atomic E-state index is 14.1. The van der Waals surface area contributed by atoms with Crippen molar-refractivity contribution in [3.8, 4) is 11.5 Å². The van der Waals surface area contributed by atoms with E-state index in [0.717, 1.165) is 18.4 Å². The van der Waals surface area contributed by atoms with Crippen molar-refractivity contribution in [1.29, 1.82) is 0 Å². The Morgan fingerprint density at radius 2 is 1.90 bits per heavy atom. The fourth-order valence-electron chi connectivity index (χ4n) is 5.69. The normalized spacial score (nSPS) is 21.5. The zero-order valence-corrected chi connectivity index (χ0v) is 23.4. The number of benzene rings is 2. The topological polar surface area (TPSA) is 100 Å². The molecular formula is C31H38N4O5. The van der Waals surface area contributed by atoms with Crippen LogP contribution in [0.5, 0.6) is 11.5 Å². The highest BCUT2D eigenvalue weighted by Crippen LogP contribution is 2.38. The summed E-state index contributed by atoms with van der Waals surface area (Å²) in [7, 11) is 0. The molecule has 0 bridgehead atoms. The van der Waals surface area contributed by atoms with E-state index in [-0.39, 0.29) is 36.4 Å². The Hall–Kier alpha value is -3.85. The van der Waals surface area contributed by atoms with Gasteiger partial charge in [0, 0.05) is 19.7 Å². The van der Waals surface area contributed by atoms with Gasteiger partial charge in [-0.15, -0.1) is 0 Å². The van der Waals surface area contributed by atoms with Crippen LogP contribution in [0.3, 0.4) is 0 Å². The molecule has 0 aromatic heterocycles. The second kappa shape index (κ2) is 12.1. The molecule has 2 aromatic carbocycles. The summed E-state index contributed by atoms with van der Waals surface area (Å²) < 4.78 is 11.7. The lowest BCUT2D eigenvalue weighted by Gasteiger charge is -2.33. The molecule has 3 atom stereocenters. The zero-order chi connectivity index (χ0) is 28.2. The van der Waals surface area contributed by atoms with Crippen LogP contribution < -0.4 is 15.4 Å². The summed E-state index contributed by atoms with van der Waals surface area (Å²) in [5.41, 5.74) is 1.89. The van der Waals surface area contributed by atoms with Crippen molar-refractivity contribution in [2.75, 3.05) is 26.2 Å². The number of hydrogen-bond donors (Lipinski definition) is 2. The smallest absolute Gasteiger partial charge is 0.322 e. The lowest BCUT2D eigenvalue weighted by Crippen LogP contribution is -2.50. The monoisotopic (exact) mass is 546 g/mol. The first-order valence-corrected chi connectivity index (χ1v) is 14.2. The van der Waals surface area contributed by atoms with Crippen molar-refractivity contribution < 1.29 is 23.9 Å². The lowest BCUT2D eigenvalue weighted by atomic mass is 9.95. The molecule has 0 saturated carbocycles. The molecule has 3 aliphatic heterocycles. The molecule has 3 heterocycles. The molecule has 0 spiro atoms. The molecule has 9 nitrogen and oxygen atoms in total. The van der Waals surface area contributed by atoms with Crippen molar-refractivity contribution in [3.05, 3.63) is 71.4 Å². The van der Waals surface area contributed by atoms with Gasteiger partial charge in [-0.1, -0.05) is 44.2 Å². The number of carbonyl (C=O) groups is 3. The van der Waals surface area contributed by atoms with Crippen molar-refractivity contribution in [3.63, 3.8) is 0 Å². The quantitative estimate of drug-likeness (QED) is 0.461. The molecule has 2 N–H and O–H groups in total. The minimum atomic E-state index is -0.656. The van der Waals surface area contributed by atoms with Crippen LogP contribution in [0, 0.1) is 5.92 Å². The van der Waals surface area contributed by atoms with Crippen molar-refractivity contribution in [1.82, 2.24) is 20.4 Å². The second-order valence-electron chi connectivity index (χ2n) is 10.9. The predicted molar refractivity (Wildman–Crippen MR) is 151 cm³/mol. The van der Waals surface area contributed by atoms with Crippen molar-refractivity contribution in [2.24, 2.45) is 5.92 Å². The Kier molecular flexibility index (Phi) is 8.40. The number of hydrogen-bond acceptors (Lipinski definition) is 5. The highest BCUT2D eigenvalue weighted by atomic mass is 16.5. The SMILES string of the molecule is CCN1C(=O)NC(c2cccc(Oc3ccccc3)c2)C2=C1CN(C(CC(C)C)C(=O)NCC1CCCO1)C2=O. The molecule has 40 heavy (non-hydrogen) atoms. The average Bonchev–Trinajstić information content (AvgIpc) is 3.59. The fraction of sp³-hybridized carbons (Fsp3) is 0.452. The maximum Gasteiger partial charge on any atom is 0.322 e. The van der Waals surface area contributed by atoms with Crippen LogP contribution in [-0.2, 0) is 14.3 Å². The number of rotatable bonds is 10. The highest BCUT2D eigenvalue weighted by Gasteiger charge is 2.47. The number of ether oxygens (including phenoxy) is 2. The first kappa shape index (κ1) is 27.7. The lowest BCUT2D eigenvalue weighted by molar-refractivity contribution is -0.137. The number of nitrogens with zero attached hydrogens (tertiary/aromatic N) is 2. The summed E-state index contributed by atoms with van der Waals surface area (Å²) in [5.74, 6) is 1.07. The van der Waals surface area contributed by atoms with Gasteiger partial charge in [0.2, 0.25) is 5.91 Å². The third kappa shape index (κ3) is 5.84. The van der Waals surface area contributed by atoms with Crippen LogP contribution in [0.15, 0.2) is 65.9 Å². The molecule has 2 aromatic rings. The summed E-state index contributed by atoms with van der Waals surface area (Å²) in [6.45, 7) is 7.72. The number of nitrogens with one attached hydrogen (secondary N) is 2. The van der Waals surface area contributed by atoms with E-state index in [0.29, 0.717) is 48.9 Å².